The maximum absolute atomic E-state index is 9.73. The fourth-order valence-electron chi connectivity index (χ4n) is 2.08. The molecule has 0 aromatic heterocycles. The Kier molecular flexibility index (Phi) is 3.99. The molecule has 0 aliphatic carbocycles. The van der Waals surface area contributed by atoms with Crippen molar-refractivity contribution < 1.29 is 9.84 Å². The molecule has 4 heteroatoms. The Bertz CT molecular complexity index is 368. The van der Waals surface area contributed by atoms with E-state index in [0.717, 1.165) is 25.2 Å². The van der Waals surface area contributed by atoms with Crippen LogP contribution in [-0.4, -0.2) is 41.8 Å². The van der Waals surface area contributed by atoms with Crippen LogP contribution < -0.4 is 5.73 Å². The van der Waals surface area contributed by atoms with Crippen molar-refractivity contribution in [2.75, 3.05) is 19.7 Å². The zero-order valence-corrected chi connectivity index (χ0v) is 10.2. The highest BCUT2D eigenvalue weighted by Gasteiger charge is 2.23. The molecule has 17 heavy (non-hydrogen) atoms. The summed E-state index contributed by atoms with van der Waals surface area (Å²) in [6.45, 7) is 5.14. The van der Waals surface area contributed by atoms with Crippen LogP contribution in [0.2, 0.25) is 0 Å². The minimum Gasteiger partial charge on any atom is -0.508 e. The van der Waals surface area contributed by atoms with E-state index in [9.17, 15) is 5.11 Å². The molecule has 1 aromatic rings. The quantitative estimate of drug-likeness (QED) is 0.820. The zero-order chi connectivity index (χ0) is 12.3. The van der Waals surface area contributed by atoms with E-state index in [2.05, 4.69) is 4.90 Å². The number of morpholine rings is 1. The summed E-state index contributed by atoms with van der Waals surface area (Å²) in [5.74, 6) is 0.358. The van der Waals surface area contributed by atoms with Crippen LogP contribution in [0.5, 0.6) is 5.75 Å². The Labute approximate surface area is 102 Å². The SMILES string of the molecule is CC(N)C1CN(Cc2ccccc2O)CCO1. The number of nitrogens with two attached hydrogens (primary N) is 1. The van der Waals surface area contributed by atoms with Gasteiger partial charge in [-0.1, -0.05) is 18.2 Å². The van der Waals surface area contributed by atoms with Crippen molar-refractivity contribution >= 4 is 0 Å². The Hall–Kier alpha value is -1.10. The van der Waals surface area contributed by atoms with E-state index < -0.39 is 0 Å². The van der Waals surface area contributed by atoms with Crippen molar-refractivity contribution in [3.8, 4) is 5.75 Å². The lowest BCUT2D eigenvalue weighted by Crippen LogP contribution is -2.49. The van der Waals surface area contributed by atoms with E-state index in [0.29, 0.717) is 12.4 Å². The lowest BCUT2D eigenvalue weighted by Gasteiger charge is -2.34. The van der Waals surface area contributed by atoms with Gasteiger partial charge in [0, 0.05) is 31.2 Å². The number of para-hydroxylation sites is 1. The molecule has 0 spiro atoms. The van der Waals surface area contributed by atoms with Crippen LogP contribution in [0, 0.1) is 0 Å². The predicted octanol–water partition coefficient (Wildman–Crippen LogP) is 0.940. The Balaban J connectivity index is 1.97. The fraction of sp³-hybridized carbons (Fsp3) is 0.538. The Morgan fingerprint density at radius 2 is 2.29 bits per heavy atom. The number of benzene rings is 1. The average Bonchev–Trinajstić information content (AvgIpc) is 2.32. The number of phenolic OH excluding ortho intramolecular Hbond substituents is 1. The normalized spacial score (nSPS) is 23.5. The van der Waals surface area contributed by atoms with Crippen molar-refractivity contribution in [3.63, 3.8) is 0 Å². The average molecular weight is 236 g/mol. The molecule has 1 fully saturated rings. The summed E-state index contributed by atoms with van der Waals surface area (Å²) in [5, 5.41) is 9.73. The number of hydrogen-bond donors (Lipinski definition) is 2. The minimum atomic E-state index is 0.0437. The van der Waals surface area contributed by atoms with Gasteiger partial charge in [0.25, 0.3) is 0 Å². The first-order chi connectivity index (χ1) is 8.16. The summed E-state index contributed by atoms with van der Waals surface area (Å²) in [6.07, 6.45) is 0.0922. The van der Waals surface area contributed by atoms with Gasteiger partial charge >= 0.3 is 0 Å². The summed E-state index contributed by atoms with van der Waals surface area (Å²) >= 11 is 0. The maximum atomic E-state index is 9.73. The van der Waals surface area contributed by atoms with Crippen LogP contribution in [0.15, 0.2) is 24.3 Å². The van der Waals surface area contributed by atoms with Gasteiger partial charge < -0.3 is 15.6 Å². The van der Waals surface area contributed by atoms with Gasteiger partial charge in [-0.2, -0.15) is 0 Å². The highest BCUT2D eigenvalue weighted by molar-refractivity contribution is 5.31. The molecular weight excluding hydrogens is 216 g/mol. The first kappa shape index (κ1) is 12.4. The topological polar surface area (TPSA) is 58.7 Å². The maximum Gasteiger partial charge on any atom is 0.120 e. The van der Waals surface area contributed by atoms with Gasteiger partial charge in [-0.15, -0.1) is 0 Å². The van der Waals surface area contributed by atoms with Gasteiger partial charge in [0.05, 0.1) is 12.7 Å². The van der Waals surface area contributed by atoms with Crippen molar-refractivity contribution in [1.82, 2.24) is 4.90 Å². The number of phenols is 1. The molecule has 0 bridgehead atoms. The van der Waals surface area contributed by atoms with Crippen LogP contribution in [-0.2, 0) is 11.3 Å². The summed E-state index contributed by atoms with van der Waals surface area (Å²) in [5.41, 5.74) is 6.81. The molecule has 4 nitrogen and oxygen atoms in total. The molecule has 1 heterocycles. The minimum absolute atomic E-state index is 0.0437. The lowest BCUT2D eigenvalue weighted by molar-refractivity contribution is -0.0405. The lowest BCUT2D eigenvalue weighted by atomic mass is 10.1. The number of nitrogens with zero attached hydrogens (tertiary/aromatic N) is 1. The van der Waals surface area contributed by atoms with Gasteiger partial charge in [-0.3, -0.25) is 4.90 Å². The van der Waals surface area contributed by atoms with Crippen LogP contribution >= 0.6 is 0 Å². The second-order valence-electron chi connectivity index (χ2n) is 4.63. The molecule has 1 aliphatic heterocycles. The Morgan fingerprint density at radius 3 is 3.00 bits per heavy atom. The second-order valence-corrected chi connectivity index (χ2v) is 4.63. The van der Waals surface area contributed by atoms with Crippen LogP contribution in [0.3, 0.4) is 0 Å². The highest BCUT2D eigenvalue weighted by atomic mass is 16.5. The van der Waals surface area contributed by atoms with Crippen molar-refractivity contribution in [2.24, 2.45) is 5.73 Å². The number of ether oxygens (including phenoxy) is 1. The molecule has 0 amide bonds. The molecule has 1 aliphatic rings. The molecule has 2 atom stereocenters. The van der Waals surface area contributed by atoms with Gasteiger partial charge in [0.15, 0.2) is 0 Å². The van der Waals surface area contributed by atoms with Crippen LogP contribution in [0.4, 0.5) is 0 Å². The van der Waals surface area contributed by atoms with E-state index in [1.807, 2.05) is 25.1 Å². The molecule has 3 N–H and O–H groups in total. The molecule has 1 saturated heterocycles. The molecule has 0 saturated carbocycles. The standard InChI is InChI=1S/C13H20N2O2/c1-10(14)13-9-15(6-7-17-13)8-11-4-2-3-5-12(11)16/h2-5,10,13,16H,6-9,14H2,1H3. The third kappa shape index (κ3) is 3.19. The van der Waals surface area contributed by atoms with Crippen molar-refractivity contribution in [3.05, 3.63) is 29.8 Å². The van der Waals surface area contributed by atoms with Gasteiger partial charge in [-0.25, -0.2) is 0 Å². The van der Waals surface area contributed by atoms with E-state index in [1.54, 1.807) is 6.07 Å². The van der Waals surface area contributed by atoms with E-state index >= 15 is 0 Å². The first-order valence-electron chi connectivity index (χ1n) is 6.03. The third-order valence-electron chi connectivity index (χ3n) is 3.15. The first-order valence-corrected chi connectivity index (χ1v) is 6.03. The molecular formula is C13H20N2O2. The van der Waals surface area contributed by atoms with Crippen molar-refractivity contribution in [1.29, 1.82) is 0 Å². The van der Waals surface area contributed by atoms with Gasteiger partial charge in [-0.05, 0) is 13.0 Å². The highest BCUT2D eigenvalue weighted by Crippen LogP contribution is 2.19. The largest absolute Gasteiger partial charge is 0.508 e. The van der Waals surface area contributed by atoms with Gasteiger partial charge in [0.1, 0.15) is 5.75 Å². The predicted molar refractivity (Wildman–Crippen MR) is 66.8 cm³/mol. The summed E-state index contributed by atoms with van der Waals surface area (Å²) in [4.78, 5) is 2.27. The molecule has 94 valence electrons. The summed E-state index contributed by atoms with van der Waals surface area (Å²) < 4.78 is 5.61. The monoisotopic (exact) mass is 236 g/mol. The van der Waals surface area contributed by atoms with Gasteiger partial charge in [0.2, 0.25) is 0 Å². The van der Waals surface area contributed by atoms with Crippen LogP contribution in [0.1, 0.15) is 12.5 Å². The summed E-state index contributed by atoms with van der Waals surface area (Å²) in [6, 6.07) is 7.49. The zero-order valence-electron chi connectivity index (χ0n) is 10.2. The number of hydrogen-bond acceptors (Lipinski definition) is 4. The van der Waals surface area contributed by atoms with E-state index in [4.69, 9.17) is 10.5 Å². The van der Waals surface area contributed by atoms with Crippen molar-refractivity contribution in [2.45, 2.75) is 25.6 Å². The van der Waals surface area contributed by atoms with Crippen LogP contribution in [0.25, 0.3) is 0 Å². The summed E-state index contributed by atoms with van der Waals surface area (Å²) in [7, 11) is 0. The molecule has 0 radical (unpaired) electrons. The fourth-order valence-corrected chi connectivity index (χ4v) is 2.08. The third-order valence-corrected chi connectivity index (χ3v) is 3.15. The molecule has 2 rings (SSSR count). The van der Waals surface area contributed by atoms with E-state index in [-0.39, 0.29) is 12.1 Å². The smallest absolute Gasteiger partial charge is 0.120 e. The van der Waals surface area contributed by atoms with E-state index in [1.165, 1.54) is 0 Å². The molecule has 2 unspecified atom stereocenters. The number of rotatable bonds is 3. The number of aromatic hydroxyl groups is 1. The second kappa shape index (κ2) is 5.49. The Morgan fingerprint density at radius 1 is 1.53 bits per heavy atom. The molecule has 1 aromatic carbocycles.